The molecule has 0 aromatic heterocycles. The minimum Gasteiger partial charge on any atom is -0.481 e. The molecule has 24 heteroatoms. The molecule has 0 radical (unpaired) electrons. The summed E-state index contributed by atoms with van der Waals surface area (Å²) in [5.74, 6) is 2.09. The summed E-state index contributed by atoms with van der Waals surface area (Å²) < 4.78 is 71.1. The Morgan fingerprint density at radius 1 is 0.446 bits per heavy atom. The first-order valence-corrected chi connectivity index (χ1v) is 36.2. The van der Waals surface area contributed by atoms with Crippen molar-refractivity contribution in [1.82, 2.24) is 0 Å². The smallest absolute Gasteiger partial charge is 0.306 e. The Balaban J connectivity index is 0.000000335. The topological polar surface area (TPSA) is 309 Å². The van der Waals surface area contributed by atoms with Gasteiger partial charge in [0.2, 0.25) is 6.29 Å². The summed E-state index contributed by atoms with van der Waals surface area (Å²) in [4.78, 5) is 92.8. The van der Waals surface area contributed by atoms with Crippen LogP contribution in [0.2, 0.25) is 0 Å². The van der Waals surface area contributed by atoms with E-state index < -0.39 is 5.97 Å². The third kappa shape index (κ3) is 33.6. The van der Waals surface area contributed by atoms with Crippen molar-refractivity contribution >= 4 is 53.7 Å². The standard InChI is InChI=1S/C23H34O6.C16H28O6.C14H24O4.C12H19NO4.C12H16O3/c1-16-17(2)21(15-27-19(4)24)29-23(18(16)3)26-13-9-8-12-22(25)28-14-20-10-6-5-7-11-20;1-10-11(2)14(9-21-13(4)17)22-16(12(10)3)20-8-6-5-7-15(18)19;1-8-9(2)13(7-17-11(4)15)6-14(10(8)3)18-12(5)16;1-6-7(2)11-12(16-8(3)13-11)17-10(6)5-15-9(4)14;13-9-5-4-8-12(14)15-10-11-6-2-1-3-7-11/h5-7,10-11,16-18,21,23H,8-9,12-15H2,1-4H3;10-12,14,16H,5-9H2,1-4H3,(H,18,19);8-10,13-14H,6-7H2,1-5H3;6-7,10-12H,5H2,1-4H3;1-3,6-7,13H,4-5,8-10H2/t16-,17+,18?,21?,23+;10-,11+,12?,14?,16+;8-,9+,10?,13?,14+;6-,7+,10?,11?,12+;/m0001./s1. The number of carboxylic acids is 1. The Kier molecular flexibility index (Phi) is 41.8. The summed E-state index contributed by atoms with van der Waals surface area (Å²) in [6.07, 6.45) is 4.29. The van der Waals surface area contributed by atoms with Crippen molar-refractivity contribution in [2.75, 3.05) is 46.2 Å². The minimum atomic E-state index is -0.786. The molecule has 0 bridgehead atoms. The number of carboxylic acid groups (broad SMARTS) is 1. The van der Waals surface area contributed by atoms with Gasteiger partial charge in [0.1, 0.15) is 45.2 Å². The maximum Gasteiger partial charge on any atom is 0.306 e. The number of hydrogen-bond acceptors (Lipinski definition) is 23. The number of hydrogen-bond donors (Lipinski definition) is 2. The Morgan fingerprint density at radius 2 is 0.842 bits per heavy atom. The van der Waals surface area contributed by atoms with Crippen LogP contribution in [0.25, 0.3) is 0 Å². The fourth-order valence-corrected chi connectivity index (χ4v) is 12.4. The molecule has 101 heavy (non-hydrogen) atoms. The van der Waals surface area contributed by atoms with E-state index in [1.54, 1.807) is 0 Å². The molecule has 0 amide bonds. The molecule has 4 fully saturated rings. The molecule has 2 aromatic carbocycles. The summed E-state index contributed by atoms with van der Waals surface area (Å²) in [5.41, 5.74) is 1.98. The Hall–Kier alpha value is -6.57. The summed E-state index contributed by atoms with van der Waals surface area (Å²) in [7, 11) is 0. The number of carbonyl (C=O) groups excluding carboxylic acids is 7. The first-order valence-electron chi connectivity index (χ1n) is 36.2. The molecular weight excluding hydrogens is 1310 g/mol. The van der Waals surface area contributed by atoms with E-state index in [9.17, 15) is 38.4 Å². The molecule has 4 heterocycles. The van der Waals surface area contributed by atoms with Gasteiger partial charge in [-0.25, -0.2) is 4.99 Å². The Morgan fingerprint density at radius 3 is 1.26 bits per heavy atom. The van der Waals surface area contributed by atoms with Crippen LogP contribution >= 0.6 is 0 Å². The normalized spacial score (nSPS) is 29.2. The number of unbranched alkanes of at least 4 members (excludes halogenated alkanes) is 3. The number of aliphatic hydroxyl groups excluding tert-OH is 1. The van der Waals surface area contributed by atoms with Gasteiger partial charge in [-0.2, -0.15) is 0 Å². The highest BCUT2D eigenvalue weighted by Gasteiger charge is 2.47. The fourth-order valence-electron chi connectivity index (χ4n) is 12.4. The van der Waals surface area contributed by atoms with Crippen LogP contribution in [0, 0.1) is 71.0 Å². The van der Waals surface area contributed by atoms with Gasteiger partial charge in [0.05, 0.1) is 24.9 Å². The van der Waals surface area contributed by atoms with Gasteiger partial charge >= 0.3 is 47.8 Å². The number of rotatable bonds is 29. The second-order valence-corrected chi connectivity index (χ2v) is 27.7. The lowest BCUT2D eigenvalue weighted by atomic mass is 9.67. The molecule has 3 saturated heterocycles. The average Bonchev–Trinajstić information content (AvgIpc) is 1.75. The lowest BCUT2D eigenvalue weighted by molar-refractivity contribution is -0.255. The summed E-state index contributed by atoms with van der Waals surface area (Å²) in [6, 6.07) is 19.3. The Bertz CT molecular complexity index is 2780. The molecule has 20 atom stereocenters. The molecule has 5 aliphatic rings. The maximum absolute atomic E-state index is 11.9. The molecule has 4 aliphatic heterocycles. The van der Waals surface area contributed by atoms with Gasteiger partial charge in [0, 0.05) is 92.5 Å². The molecule has 2 N–H and O–H groups in total. The van der Waals surface area contributed by atoms with Crippen molar-refractivity contribution in [3.05, 3.63) is 71.8 Å². The predicted octanol–water partition coefficient (Wildman–Crippen LogP) is 12.2. The van der Waals surface area contributed by atoms with Crippen molar-refractivity contribution in [3.63, 3.8) is 0 Å². The van der Waals surface area contributed by atoms with Crippen molar-refractivity contribution in [1.29, 1.82) is 0 Å². The average molecular weight is 1430 g/mol. The van der Waals surface area contributed by atoms with Crippen LogP contribution < -0.4 is 0 Å². The second kappa shape index (κ2) is 47.6. The monoisotopic (exact) mass is 1430 g/mol. The summed E-state index contributed by atoms with van der Waals surface area (Å²) in [6.45, 7) is 35.3. The number of benzene rings is 2. The van der Waals surface area contributed by atoms with Crippen LogP contribution in [0.4, 0.5) is 0 Å². The van der Waals surface area contributed by atoms with Crippen LogP contribution in [0.1, 0.15) is 193 Å². The number of fused-ring (bicyclic) bond motifs is 1. The SMILES string of the molecule is CC(=O)OCC1C[C@@H](OC(C)=O)C(C)[C@@H](C)[C@H]1C.CC(=O)OCC1O[C@@H](OCCCCC(=O)O)C(C)[C@@H](C)[C@H]1C.CC(=O)OCC1O[C@@H](OCCCCC(=O)OCc2ccccc2)C(C)[C@@H](C)[C@H]1C.CC(=O)OCC1O[C@@H]2OC(C)=NC2[C@@H](C)[C@H]1C.O=C(CCCCO)OCc1ccccc1. The number of aliphatic carboxylic acids is 1. The number of carbonyl (C=O) groups is 8. The quantitative estimate of drug-likeness (QED) is 0.0434. The molecule has 7 rings (SSSR count). The van der Waals surface area contributed by atoms with Crippen LogP contribution in [-0.2, 0) is 113 Å². The van der Waals surface area contributed by atoms with E-state index in [-0.39, 0.29) is 159 Å². The summed E-state index contributed by atoms with van der Waals surface area (Å²) >= 11 is 0. The van der Waals surface area contributed by atoms with E-state index in [0.29, 0.717) is 119 Å². The van der Waals surface area contributed by atoms with Gasteiger partial charge in [-0.15, -0.1) is 0 Å². The Labute approximate surface area is 599 Å². The van der Waals surface area contributed by atoms with Crippen LogP contribution in [0.5, 0.6) is 0 Å². The second-order valence-electron chi connectivity index (χ2n) is 27.7. The van der Waals surface area contributed by atoms with Gasteiger partial charge < -0.3 is 71.8 Å². The number of aliphatic imine (C=N–C) groups is 1. The molecule has 24 nitrogen and oxygen atoms in total. The molecule has 8 unspecified atom stereocenters. The van der Waals surface area contributed by atoms with Gasteiger partial charge in [-0.05, 0) is 115 Å². The lowest BCUT2D eigenvalue weighted by Crippen LogP contribution is -2.49. The molecule has 2 aromatic rings. The predicted molar refractivity (Wildman–Crippen MR) is 376 cm³/mol. The van der Waals surface area contributed by atoms with E-state index in [4.69, 9.17) is 71.8 Å². The first-order chi connectivity index (χ1) is 47.8. The zero-order chi connectivity index (χ0) is 75.3. The zero-order valence-electron chi connectivity index (χ0n) is 63.2. The molecule has 572 valence electrons. The fraction of sp³-hybridized carbons (Fsp3) is 0.727. The van der Waals surface area contributed by atoms with Crippen molar-refractivity contribution < 1.29 is 110 Å². The van der Waals surface area contributed by atoms with Crippen molar-refractivity contribution in [2.45, 2.75) is 244 Å². The van der Waals surface area contributed by atoms with Gasteiger partial charge in [-0.1, -0.05) is 137 Å². The largest absolute Gasteiger partial charge is 0.481 e. The maximum atomic E-state index is 11.9. The highest BCUT2D eigenvalue weighted by Crippen LogP contribution is 2.41. The van der Waals surface area contributed by atoms with Crippen LogP contribution in [0.3, 0.4) is 0 Å². The molecular formula is C77H121NO23. The van der Waals surface area contributed by atoms with E-state index in [1.807, 2.05) is 67.6 Å². The summed E-state index contributed by atoms with van der Waals surface area (Å²) in [5, 5.41) is 17.1. The van der Waals surface area contributed by atoms with Crippen LogP contribution in [-0.4, -0.2) is 159 Å². The van der Waals surface area contributed by atoms with E-state index in [2.05, 4.69) is 81.2 Å². The van der Waals surface area contributed by atoms with Gasteiger partial charge in [0.15, 0.2) is 18.5 Å². The third-order valence-corrected chi connectivity index (χ3v) is 20.2. The number of nitrogens with zero attached hydrogens (tertiary/aromatic N) is 1. The van der Waals surface area contributed by atoms with Crippen molar-refractivity contribution in [3.8, 4) is 0 Å². The van der Waals surface area contributed by atoms with Crippen LogP contribution in [0.15, 0.2) is 65.7 Å². The highest BCUT2D eigenvalue weighted by molar-refractivity contribution is 5.75. The number of aliphatic hydroxyl groups is 1. The number of ether oxygens (including phenoxy) is 13. The van der Waals surface area contributed by atoms with Gasteiger partial charge in [-0.3, -0.25) is 38.4 Å². The van der Waals surface area contributed by atoms with E-state index >= 15 is 0 Å². The molecule has 0 spiro atoms. The van der Waals surface area contributed by atoms with E-state index in [1.165, 1.54) is 34.6 Å². The molecule has 1 aliphatic carbocycles. The highest BCUT2D eigenvalue weighted by atomic mass is 16.7. The number of esters is 7. The minimum absolute atomic E-state index is 0.0609. The zero-order valence-corrected chi connectivity index (χ0v) is 63.2. The lowest BCUT2D eigenvalue weighted by Gasteiger charge is -2.43. The first kappa shape index (κ1) is 88.6. The van der Waals surface area contributed by atoms with Gasteiger partial charge in [0.25, 0.3) is 0 Å². The molecule has 1 saturated carbocycles. The van der Waals surface area contributed by atoms with Crippen molar-refractivity contribution in [2.24, 2.45) is 76.0 Å². The third-order valence-electron chi connectivity index (χ3n) is 20.2. The van der Waals surface area contributed by atoms with E-state index in [0.717, 1.165) is 24.0 Å².